The second kappa shape index (κ2) is 8.42. The highest BCUT2D eigenvalue weighted by Gasteiger charge is 2.16. The van der Waals surface area contributed by atoms with Gasteiger partial charge in [0.1, 0.15) is 12.4 Å². The molecule has 0 spiro atoms. The fourth-order valence-corrected chi connectivity index (χ4v) is 3.05. The zero-order valence-electron chi connectivity index (χ0n) is 16.4. The number of aromatic nitrogens is 6. The van der Waals surface area contributed by atoms with Gasteiger partial charge in [0.25, 0.3) is 0 Å². The Balaban J connectivity index is 1.62. The number of nitrogens with zero attached hydrogens (tertiary/aromatic N) is 6. The molecular formula is C20H19ClN6O3. The molecule has 0 amide bonds. The molecule has 0 aliphatic heterocycles. The van der Waals surface area contributed by atoms with Crippen molar-refractivity contribution in [3.63, 3.8) is 0 Å². The van der Waals surface area contributed by atoms with Crippen LogP contribution in [0.25, 0.3) is 11.4 Å². The highest BCUT2D eigenvalue weighted by atomic mass is 35.5. The number of hydrogen-bond donors (Lipinski definition) is 0. The summed E-state index contributed by atoms with van der Waals surface area (Å²) in [5.74, 6) is 1.03. The van der Waals surface area contributed by atoms with Crippen LogP contribution in [0.5, 0.6) is 11.6 Å². The molecule has 2 aromatic carbocycles. The van der Waals surface area contributed by atoms with E-state index in [4.69, 9.17) is 21.1 Å². The molecule has 0 aliphatic rings. The first kappa shape index (κ1) is 19.7. The van der Waals surface area contributed by atoms with E-state index < -0.39 is 0 Å². The summed E-state index contributed by atoms with van der Waals surface area (Å²) in [6.07, 6.45) is 1.79. The predicted molar refractivity (Wildman–Crippen MR) is 111 cm³/mol. The first-order valence-corrected chi connectivity index (χ1v) is 9.63. The number of benzene rings is 2. The monoisotopic (exact) mass is 426 g/mol. The molecule has 0 bridgehead atoms. The first-order valence-electron chi connectivity index (χ1n) is 9.25. The van der Waals surface area contributed by atoms with Gasteiger partial charge in [0.15, 0.2) is 0 Å². The van der Waals surface area contributed by atoms with Gasteiger partial charge in [-0.3, -0.25) is 0 Å². The van der Waals surface area contributed by atoms with Gasteiger partial charge in [-0.2, -0.15) is 9.36 Å². The summed E-state index contributed by atoms with van der Waals surface area (Å²) in [7, 11) is 1.54. The Morgan fingerprint density at radius 3 is 2.53 bits per heavy atom. The molecule has 0 saturated heterocycles. The van der Waals surface area contributed by atoms with E-state index in [0.29, 0.717) is 34.5 Å². The van der Waals surface area contributed by atoms with Crippen LogP contribution in [-0.4, -0.2) is 36.2 Å². The van der Waals surface area contributed by atoms with Gasteiger partial charge in [0, 0.05) is 24.3 Å². The zero-order valence-corrected chi connectivity index (χ0v) is 17.2. The van der Waals surface area contributed by atoms with Crippen LogP contribution in [0.1, 0.15) is 12.5 Å². The number of aryl methyl sites for hydroxylation is 1. The average Bonchev–Trinajstić information content (AvgIpc) is 3.35. The van der Waals surface area contributed by atoms with Gasteiger partial charge < -0.3 is 9.47 Å². The Kier molecular flexibility index (Phi) is 5.53. The molecule has 4 aromatic rings. The molecule has 2 heterocycles. The highest BCUT2D eigenvalue weighted by molar-refractivity contribution is 6.30. The van der Waals surface area contributed by atoms with E-state index in [1.54, 1.807) is 41.2 Å². The fourth-order valence-electron chi connectivity index (χ4n) is 2.92. The van der Waals surface area contributed by atoms with Gasteiger partial charge in [-0.05, 0) is 53.7 Å². The summed E-state index contributed by atoms with van der Waals surface area (Å²) < 4.78 is 15.7. The summed E-state index contributed by atoms with van der Waals surface area (Å²) in [6.45, 7) is 2.49. The van der Waals surface area contributed by atoms with Crippen LogP contribution in [0.4, 0.5) is 0 Å². The van der Waals surface area contributed by atoms with Gasteiger partial charge in [0.05, 0.1) is 23.5 Å². The predicted octanol–water partition coefficient (Wildman–Crippen LogP) is 2.78. The normalized spacial score (nSPS) is 10.9. The largest absolute Gasteiger partial charge is 0.493 e. The van der Waals surface area contributed by atoms with E-state index in [1.807, 2.05) is 25.1 Å². The Bertz CT molecular complexity index is 1210. The molecule has 0 atom stereocenters. The molecule has 2 aromatic heterocycles. The minimum absolute atomic E-state index is 0.131. The van der Waals surface area contributed by atoms with E-state index in [-0.39, 0.29) is 12.3 Å². The maximum atomic E-state index is 12.3. The summed E-state index contributed by atoms with van der Waals surface area (Å²) in [6, 6.07) is 14.4. The highest BCUT2D eigenvalue weighted by Crippen LogP contribution is 2.26. The SMILES string of the molecule is CCOc1cccc(-n2nnn(C)c2=O)c1COc1ccn(-c2ccc(Cl)cc2)n1. The van der Waals surface area contributed by atoms with Crippen molar-refractivity contribution in [3.8, 4) is 23.0 Å². The summed E-state index contributed by atoms with van der Waals surface area (Å²) >= 11 is 5.94. The molecule has 0 fully saturated rings. The summed E-state index contributed by atoms with van der Waals surface area (Å²) in [4.78, 5) is 12.3. The second-order valence-electron chi connectivity index (χ2n) is 6.35. The average molecular weight is 427 g/mol. The minimum Gasteiger partial charge on any atom is -0.493 e. The Morgan fingerprint density at radius 1 is 1.03 bits per heavy atom. The van der Waals surface area contributed by atoms with E-state index in [2.05, 4.69) is 15.5 Å². The molecule has 30 heavy (non-hydrogen) atoms. The van der Waals surface area contributed by atoms with Crippen molar-refractivity contribution >= 4 is 11.6 Å². The lowest BCUT2D eigenvalue weighted by Crippen LogP contribution is -2.23. The van der Waals surface area contributed by atoms with Crippen LogP contribution < -0.4 is 15.2 Å². The number of rotatable bonds is 7. The van der Waals surface area contributed by atoms with Crippen LogP contribution in [0.15, 0.2) is 59.5 Å². The van der Waals surface area contributed by atoms with Gasteiger partial charge in [-0.1, -0.05) is 17.7 Å². The van der Waals surface area contributed by atoms with Gasteiger partial charge >= 0.3 is 5.69 Å². The van der Waals surface area contributed by atoms with Crippen LogP contribution in [0.2, 0.25) is 5.02 Å². The maximum Gasteiger partial charge on any atom is 0.368 e. The molecule has 9 nitrogen and oxygen atoms in total. The molecule has 0 saturated carbocycles. The fraction of sp³-hybridized carbons (Fsp3) is 0.200. The van der Waals surface area contributed by atoms with Crippen LogP contribution in [0.3, 0.4) is 0 Å². The van der Waals surface area contributed by atoms with Crippen molar-refractivity contribution in [2.75, 3.05) is 6.61 Å². The van der Waals surface area contributed by atoms with Crippen LogP contribution >= 0.6 is 11.6 Å². The third-order valence-electron chi connectivity index (χ3n) is 4.38. The lowest BCUT2D eigenvalue weighted by atomic mass is 10.1. The van der Waals surface area contributed by atoms with Gasteiger partial charge in [-0.25, -0.2) is 9.48 Å². The number of hydrogen-bond acceptors (Lipinski definition) is 6. The van der Waals surface area contributed by atoms with E-state index in [1.165, 1.54) is 11.7 Å². The molecule has 0 N–H and O–H groups in total. The molecule has 10 heteroatoms. The summed E-state index contributed by atoms with van der Waals surface area (Å²) in [5.41, 5.74) is 1.70. The minimum atomic E-state index is -0.364. The molecule has 154 valence electrons. The van der Waals surface area contributed by atoms with Crippen molar-refractivity contribution < 1.29 is 9.47 Å². The lowest BCUT2D eigenvalue weighted by molar-refractivity contribution is 0.275. The quantitative estimate of drug-likeness (QED) is 0.451. The first-order chi connectivity index (χ1) is 14.6. The number of halogens is 1. The van der Waals surface area contributed by atoms with Crippen molar-refractivity contribution in [1.29, 1.82) is 0 Å². The molecule has 0 aliphatic carbocycles. The van der Waals surface area contributed by atoms with Gasteiger partial charge in [0.2, 0.25) is 5.88 Å². The van der Waals surface area contributed by atoms with Crippen molar-refractivity contribution in [2.45, 2.75) is 13.5 Å². The van der Waals surface area contributed by atoms with E-state index in [0.717, 1.165) is 10.4 Å². The molecule has 0 radical (unpaired) electrons. The maximum absolute atomic E-state index is 12.3. The van der Waals surface area contributed by atoms with Crippen molar-refractivity contribution in [1.82, 2.24) is 29.6 Å². The van der Waals surface area contributed by atoms with E-state index >= 15 is 0 Å². The Morgan fingerprint density at radius 2 is 1.83 bits per heavy atom. The zero-order chi connectivity index (χ0) is 21.1. The molecule has 0 unspecified atom stereocenters. The van der Waals surface area contributed by atoms with Crippen LogP contribution in [-0.2, 0) is 13.7 Å². The number of tetrazole rings is 1. The third-order valence-corrected chi connectivity index (χ3v) is 4.63. The lowest BCUT2D eigenvalue weighted by Gasteiger charge is -2.14. The molecular weight excluding hydrogens is 408 g/mol. The van der Waals surface area contributed by atoms with Gasteiger partial charge in [-0.15, -0.1) is 5.10 Å². The van der Waals surface area contributed by atoms with Crippen LogP contribution in [0, 0.1) is 0 Å². The topological polar surface area (TPSA) is 89.0 Å². The third kappa shape index (κ3) is 3.92. The van der Waals surface area contributed by atoms with Crippen molar-refractivity contribution in [2.24, 2.45) is 7.05 Å². The second-order valence-corrected chi connectivity index (χ2v) is 6.78. The smallest absolute Gasteiger partial charge is 0.368 e. The van der Waals surface area contributed by atoms with Crippen molar-refractivity contribution in [3.05, 3.63) is 75.8 Å². The standard InChI is InChI=1S/C20H19ClN6O3/c1-3-29-18-6-4-5-17(27-20(28)25(2)23-24-27)16(18)13-30-19-11-12-26(22-19)15-9-7-14(21)8-10-15/h4-12H,3,13H2,1-2H3. The summed E-state index contributed by atoms with van der Waals surface area (Å²) in [5, 5.41) is 12.8. The number of ether oxygens (including phenoxy) is 2. The van der Waals surface area contributed by atoms with E-state index in [9.17, 15) is 4.79 Å². The Labute approximate surface area is 177 Å². The molecule has 4 rings (SSSR count). The Hall–Kier alpha value is -3.59.